The second-order valence-corrected chi connectivity index (χ2v) is 8.59. The number of amides is 1. The number of aliphatic hydroxyl groups is 1. The van der Waals surface area contributed by atoms with Crippen LogP contribution in [0.1, 0.15) is 18.9 Å². The number of nitrogens with one attached hydrogen (secondary N) is 1. The van der Waals surface area contributed by atoms with Gasteiger partial charge in [-0.25, -0.2) is 8.42 Å². The molecule has 1 fully saturated rings. The molecule has 1 aliphatic rings. The van der Waals surface area contributed by atoms with E-state index in [-0.39, 0.29) is 17.9 Å². The highest BCUT2D eigenvalue weighted by Crippen LogP contribution is 2.28. The number of rotatable bonds is 6. The van der Waals surface area contributed by atoms with Gasteiger partial charge in [-0.05, 0) is 48.4 Å². The lowest BCUT2D eigenvalue weighted by atomic mass is 10.1. The second-order valence-electron chi connectivity index (χ2n) is 6.70. The first kappa shape index (κ1) is 20.3. The fourth-order valence-electron chi connectivity index (χ4n) is 3.22. The molecule has 1 heterocycles. The standard InChI is InChI=1S/C20H24N2O5S/c1-3-14-4-6-15(7-5-14)21-20(24)19-12-16(23)13-22(19)28(25,26)18-10-8-17(27-2)9-11-18/h4-11,16,19,23H,3,12-13H2,1-2H3,(H,21,24)/t16-,19+/m0/s1. The molecule has 7 nitrogen and oxygen atoms in total. The van der Waals surface area contributed by atoms with Crippen molar-refractivity contribution in [2.24, 2.45) is 0 Å². The van der Waals surface area contributed by atoms with Crippen molar-refractivity contribution in [3.05, 3.63) is 54.1 Å². The van der Waals surface area contributed by atoms with Crippen LogP contribution in [-0.4, -0.2) is 49.5 Å². The van der Waals surface area contributed by atoms with Gasteiger partial charge in [-0.15, -0.1) is 0 Å². The Bertz CT molecular complexity index is 926. The Kier molecular flexibility index (Phi) is 6.02. The Morgan fingerprint density at radius 3 is 2.39 bits per heavy atom. The molecule has 0 radical (unpaired) electrons. The van der Waals surface area contributed by atoms with E-state index in [4.69, 9.17) is 4.74 Å². The lowest BCUT2D eigenvalue weighted by Gasteiger charge is -2.23. The first-order chi connectivity index (χ1) is 13.3. The highest BCUT2D eigenvalue weighted by molar-refractivity contribution is 7.89. The van der Waals surface area contributed by atoms with Gasteiger partial charge in [0.15, 0.2) is 0 Å². The molecule has 0 bridgehead atoms. The predicted octanol–water partition coefficient (Wildman–Crippen LogP) is 2.02. The number of hydrogen-bond donors (Lipinski definition) is 2. The lowest BCUT2D eigenvalue weighted by molar-refractivity contribution is -0.119. The zero-order chi connectivity index (χ0) is 20.3. The van der Waals surface area contributed by atoms with Gasteiger partial charge in [0.2, 0.25) is 15.9 Å². The zero-order valence-electron chi connectivity index (χ0n) is 15.8. The molecule has 1 aliphatic heterocycles. The Balaban J connectivity index is 1.81. The van der Waals surface area contributed by atoms with E-state index < -0.39 is 28.1 Å². The van der Waals surface area contributed by atoms with Gasteiger partial charge in [0.25, 0.3) is 0 Å². The molecule has 2 aromatic carbocycles. The van der Waals surface area contributed by atoms with E-state index in [1.54, 1.807) is 24.3 Å². The minimum atomic E-state index is -3.94. The molecule has 1 amide bonds. The van der Waals surface area contributed by atoms with Gasteiger partial charge in [-0.2, -0.15) is 4.31 Å². The van der Waals surface area contributed by atoms with Gasteiger partial charge in [0.1, 0.15) is 11.8 Å². The third-order valence-corrected chi connectivity index (χ3v) is 6.72. The number of aryl methyl sites for hydroxylation is 1. The van der Waals surface area contributed by atoms with Crippen LogP contribution in [-0.2, 0) is 21.2 Å². The number of carbonyl (C=O) groups is 1. The highest BCUT2D eigenvalue weighted by atomic mass is 32.2. The molecule has 150 valence electrons. The van der Waals surface area contributed by atoms with Gasteiger partial charge < -0.3 is 15.2 Å². The maximum atomic E-state index is 13.0. The van der Waals surface area contributed by atoms with Crippen molar-refractivity contribution in [1.82, 2.24) is 4.31 Å². The van der Waals surface area contributed by atoms with Crippen molar-refractivity contribution in [3.63, 3.8) is 0 Å². The van der Waals surface area contributed by atoms with Gasteiger partial charge in [0.05, 0.1) is 18.1 Å². The summed E-state index contributed by atoms with van der Waals surface area (Å²) in [5.41, 5.74) is 1.73. The molecular formula is C20H24N2O5S. The molecule has 1 saturated heterocycles. The van der Waals surface area contributed by atoms with Gasteiger partial charge in [0, 0.05) is 18.7 Å². The summed E-state index contributed by atoms with van der Waals surface area (Å²) in [6, 6.07) is 12.3. The number of sulfonamides is 1. The number of hydrogen-bond acceptors (Lipinski definition) is 5. The summed E-state index contributed by atoms with van der Waals surface area (Å²) in [6.07, 6.45) is 0.0387. The van der Waals surface area contributed by atoms with Crippen molar-refractivity contribution in [2.45, 2.75) is 36.8 Å². The van der Waals surface area contributed by atoms with Crippen LogP contribution in [0.15, 0.2) is 53.4 Å². The fourth-order valence-corrected chi connectivity index (χ4v) is 4.86. The highest BCUT2D eigenvalue weighted by Gasteiger charge is 2.43. The summed E-state index contributed by atoms with van der Waals surface area (Å²) in [4.78, 5) is 12.8. The molecule has 2 atom stereocenters. The van der Waals surface area contributed by atoms with Gasteiger partial charge in [-0.3, -0.25) is 4.79 Å². The van der Waals surface area contributed by atoms with E-state index in [0.717, 1.165) is 16.3 Å². The Hall–Kier alpha value is -2.42. The Labute approximate surface area is 165 Å². The predicted molar refractivity (Wildman–Crippen MR) is 106 cm³/mol. The van der Waals surface area contributed by atoms with Crippen LogP contribution in [0.2, 0.25) is 0 Å². The van der Waals surface area contributed by atoms with Crippen molar-refractivity contribution < 1.29 is 23.1 Å². The largest absolute Gasteiger partial charge is 0.497 e. The zero-order valence-corrected chi connectivity index (χ0v) is 16.6. The number of aliphatic hydroxyl groups excluding tert-OH is 1. The van der Waals surface area contributed by atoms with Crippen molar-refractivity contribution >= 4 is 21.6 Å². The number of nitrogens with zero attached hydrogens (tertiary/aromatic N) is 1. The molecule has 0 aliphatic carbocycles. The number of ether oxygens (including phenoxy) is 1. The molecule has 0 aromatic heterocycles. The molecule has 0 spiro atoms. The maximum absolute atomic E-state index is 13.0. The molecule has 8 heteroatoms. The average molecular weight is 404 g/mol. The van der Waals surface area contributed by atoms with Crippen LogP contribution in [0.3, 0.4) is 0 Å². The summed E-state index contributed by atoms with van der Waals surface area (Å²) in [7, 11) is -2.44. The number of methoxy groups -OCH3 is 1. The van der Waals surface area contributed by atoms with E-state index >= 15 is 0 Å². The first-order valence-corrected chi connectivity index (χ1v) is 10.5. The van der Waals surface area contributed by atoms with Crippen LogP contribution in [0.25, 0.3) is 0 Å². The quantitative estimate of drug-likeness (QED) is 0.768. The number of benzene rings is 2. The molecule has 3 rings (SSSR count). The summed E-state index contributed by atoms with van der Waals surface area (Å²) >= 11 is 0. The minimum Gasteiger partial charge on any atom is -0.497 e. The minimum absolute atomic E-state index is 0.0486. The number of anilines is 1. The molecule has 2 aromatic rings. The van der Waals surface area contributed by atoms with E-state index in [0.29, 0.717) is 11.4 Å². The van der Waals surface area contributed by atoms with E-state index in [1.165, 1.54) is 19.2 Å². The summed E-state index contributed by atoms with van der Waals surface area (Å²) < 4.78 is 32.2. The van der Waals surface area contributed by atoms with Crippen molar-refractivity contribution in [1.29, 1.82) is 0 Å². The third kappa shape index (κ3) is 4.19. The van der Waals surface area contributed by atoms with Crippen LogP contribution < -0.4 is 10.1 Å². The second kappa shape index (κ2) is 8.30. The van der Waals surface area contributed by atoms with E-state index in [1.807, 2.05) is 19.1 Å². The van der Waals surface area contributed by atoms with Crippen LogP contribution in [0.5, 0.6) is 5.75 Å². The normalized spacial score (nSPS) is 20.1. The van der Waals surface area contributed by atoms with E-state index in [9.17, 15) is 18.3 Å². The Morgan fingerprint density at radius 1 is 1.18 bits per heavy atom. The van der Waals surface area contributed by atoms with Gasteiger partial charge >= 0.3 is 0 Å². The van der Waals surface area contributed by atoms with Crippen LogP contribution in [0.4, 0.5) is 5.69 Å². The fraction of sp³-hybridized carbons (Fsp3) is 0.350. The van der Waals surface area contributed by atoms with Crippen LogP contribution >= 0.6 is 0 Å². The smallest absolute Gasteiger partial charge is 0.243 e. The topological polar surface area (TPSA) is 95.9 Å². The molecule has 28 heavy (non-hydrogen) atoms. The number of carbonyl (C=O) groups excluding carboxylic acids is 1. The van der Waals surface area contributed by atoms with Crippen molar-refractivity contribution in [2.75, 3.05) is 19.0 Å². The monoisotopic (exact) mass is 404 g/mol. The Morgan fingerprint density at radius 2 is 1.82 bits per heavy atom. The summed E-state index contributed by atoms with van der Waals surface area (Å²) in [5.74, 6) is 0.0723. The SMILES string of the molecule is CCc1ccc(NC(=O)[C@H]2C[C@H](O)CN2S(=O)(=O)c2ccc(OC)cc2)cc1. The van der Waals surface area contributed by atoms with E-state index in [2.05, 4.69) is 5.32 Å². The van der Waals surface area contributed by atoms with Crippen LogP contribution in [0, 0.1) is 0 Å². The van der Waals surface area contributed by atoms with Gasteiger partial charge in [-0.1, -0.05) is 19.1 Å². The third-order valence-electron chi connectivity index (χ3n) is 4.83. The average Bonchev–Trinajstić information content (AvgIpc) is 3.11. The maximum Gasteiger partial charge on any atom is 0.243 e. The summed E-state index contributed by atoms with van der Waals surface area (Å²) in [6.45, 7) is 1.91. The molecule has 0 saturated carbocycles. The summed E-state index contributed by atoms with van der Waals surface area (Å²) in [5, 5.41) is 12.8. The lowest BCUT2D eigenvalue weighted by Crippen LogP contribution is -2.43. The molecule has 2 N–H and O–H groups in total. The first-order valence-electron chi connectivity index (χ1n) is 9.09. The molecule has 0 unspecified atom stereocenters. The van der Waals surface area contributed by atoms with Crippen molar-refractivity contribution in [3.8, 4) is 5.75 Å². The molecular weight excluding hydrogens is 380 g/mol. The number of β-amino-alcohol motifs (C(OH)–C–C–N with tert-alkyl or cyclic N) is 1.